The van der Waals surface area contributed by atoms with Crippen molar-refractivity contribution in [3.8, 4) is 5.75 Å². The van der Waals surface area contributed by atoms with Crippen molar-refractivity contribution in [2.75, 3.05) is 7.11 Å². The van der Waals surface area contributed by atoms with E-state index in [1.54, 1.807) is 12.1 Å². The number of benzene rings is 2. The first-order valence-electron chi connectivity index (χ1n) is 7.65. The van der Waals surface area contributed by atoms with Gasteiger partial charge in [-0.15, -0.1) is 0 Å². The van der Waals surface area contributed by atoms with E-state index in [0.717, 1.165) is 12.1 Å². The first-order valence-corrected chi connectivity index (χ1v) is 7.65. The number of halogens is 5. The molecule has 25 heavy (non-hydrogen) atoms. The van der Waals surface area contributed by atoms with Gasteiger partial charge >= 0.3 is 12.0 Å². The van der Waals surface area contributed by atoms with Crippen LogP contribution in [0.3, 0.4) is 0 Å². The minimum absolute atomic E-state index is 0.102. The smallest absolute Gasteiger partial charge is 0.368 e. The number of rotatable bonds is 4. The van der Waals surface area contributed by atoms with Crippen LogP contribution in [0, 0.1) is 5.82 Å². The summed E-state index contributed by atoms with van der Waals surface area (Å²) >= 11 is 0. The van der Waals surface area contributed by atoms with Crippen molar-refractivity contribution >= 4 is 0 Å². The Hall–Kier alpha value is -2.15. The lowest BCUT2D eigenvalue weighted by molar-refractivity contribution is -0.252. The maximum atomic E-state index is 14.3. The number of nitrogens with zero attached hydrogens (tertiary/aromatic N) is 1. The van der Waals surface area contributed by atoms with E-state index in [-0.39, 0.29) is 5.56 Å². The number of hydrogen-bond acceptors (Lipinski definition) is 2. The zero-order chi connectivity index (χ0) is 18.2. The third-order valence-electron chi connectivity index (χ3n) is 4.37. The van der Waals surface area contributed by atoms with Crippen molar-refractivity contribution < 1.29 is 26.7 Å². The van der Waals surface area contributed by atoms with Crippen LogP contribution in [0.15, 0.2) is 48.5 Å². The van der Waals surface area contributed by atoms with E-state index in [2.05, 4.69) is 0 Å². The van der Waals surface area contributed by atoms with Crippen molar-refractivity contribution in [1.29, 1.82) is 0 Å². The number of methoxy groups -OCH3 is 1. The Morgan fingerprint density at radius 1 is 1.08 bits per heavy atom. The molecule has 0 saturated carbocycles. The second-order valence-corrected chi connectivity index (χ2v) is 6.00. The van der Waals surface area contributed by atoms with Gasteiger partial charge in [0.25, 0.3) is 0 Å². The molecule has 0 aromatic heterocycles. The summed E-state index contributed by atoms with van der Waals surface area (Å²) in [5.74, 6) is -4.32. The van der Waals surface area contributed by atoms with Crippen molar-refractivity contribution in [3.05, 3.63) is 65.5 Å². The standard InChI is InChI=1S/C18H16F5NO/c1-25-15-7-5-12(6-8-15)11-24-16(10-17(20,21)18(24,22)23)13-3-2-4-14(19)9-13/h2-9,16H,10-11H2,1H3/t16-/m0/s1. The zero-order valence-electron chi connectivity index (χ0n) is 13.4. The van der Waals surface area contributed by atoms with Gasteiger partial charge in [-0.05, 0) is 35.4 Å². The van der Waals surface area contributed by atoms with Gasteiger partial charge in [-0.1, -0.05) is 24.3 Å². The van der Waals surface area contributed by atoms with Gasteiger partial charge in [0, 0.05) is 19.0 Å². The molecule has 7 heteroatoms. The summed E-state index contributed by atoms with van der Waals surface area (Å²) in [7, 11) is 1.46. The monoisotopic (exact) mass is 357 g/mol. The number of hydrogen-bond donors (Lipinski definition) is 0. The Labute approximate surface area is 141 Å². The molecule has 2 nitrogen and oxygen atoms in total. The third kappa shape index (κ3) is 3.20. The van der Waals surface area contributed by atoms with Crippen LogP contribution in [-0.4, -0.2) is 24.0 Å². The molecule has 0 amide bonds. The Morgan fingerprint density at radius 2 is 1.76 bits per heavy atom. The summed E-state index contributed by atoms with van der Waals surface area (Å²) in [4.78, 5) is 0.434. The van der Waals surface area contributed by atoms with E-state index in [0.29, 0.717) is 16.2 Å². The van der Waals surface area contributed by atoms with Crippen LogP contribution < -0.4 is 4.74 Å². The van der Waals surface area contributed by atoms with Crippen molar-refractivity contribution in [1.82, 2.24) is 4.90 Å². The molecule has 1 saturated heterocycles. The highest BCUT2D eigenvalue weighted by Gasteiger charge is 2.68. The van der Waals surface area contributed by atoms with Crippen molar-refractivity contribution in [2.24, 2.45) is 0 Å². The molecule has 0 aliphatic carbocycles. The summed E-state index contributed by atoms with van der Waals surface area (Å²) in [6, 6.07) is 5.45. The lowest BCUT2D eigenvalue weighted by Crippen LogP contribution is -2.46. The molecule has 1 aliphatic heterocycles. The molecule has 1 fully saturated rings. The summed E-state index contributed by atoms with van der Waals surface area (Å²) in [6.45, 7) is -0.395. The predicted molar refractivity (Wildman–Crippen MR) is 82.2 cm³/mol. The van der Waals surface area contributed by atoms with Gasteiger partial charge in [0.15, 0.2) is 0 Å². The summed E-state index contributed by atoms with van der Waals surface area (Å²) in [5.41, 5.74) is 0.532. The summed E-state index contributed by atoms with van der Waals surface area (Å²) < 4.78 is 74.9. The fourth-order valence-electron chi connectivity index (χ4n) is 3.03. The number of alkyl halides is 4. The Morgan fingerprint density at radius 3 is 2.36 bits per heavy atom. The first-order chi connectivity index (χ1) is 11.7. The van der Waals surface area contributed by atoms with E-state index >= 15 is 0 Å². The van der Waals surface area contributed by atoms with Crippen LogP contribution in [0.1, 0.15) is 23.6 Å². The van der Waals surface area contributed by atoms with Crippen LogP contribution in [0.4, 0.5) is 22.0 Å². The van der Waals surface area contributed by atoms with Gasteiger partial charge < -0.3 is 4.74 Å². The minimum Gasteiger partial charge on any atom is -0.497 e. The molecule has 0 bridgehead atoms. The third-order valence-corrected chi connectivity index (χ3v) is 4.37. The molecular formula is C18H16F5NO. The topological polar surface area (TPSA) is 12.5 Å². The minimum atomic E-state index is -4.33. The average molecular weight is 357 g/mol. The maximum absolute atomic E-state index is 14.3. The lowest BCUT2D eigenvalue weighted by Gasteiger charge is -2.30. The molecule has 2 aromatic rings. The van der Waals surface area contributed by atoms with Crippen LogP contribution in [-0.2, 0) is 6.54 Å². The molecule has 3 rings (SSSR count). The largest absolute Gasteiger partial charge is 0.497 e. The van der Waals surface area contributed by atoms with E-state index in [4.69, 9.17) is 4.74 Å². The molecule has 0 N–H and O–H groups in total. The Kier molecular flexibility index (Phi) is 4.45. The van der Waals surface area contributed by atoms with Gasteiger partial charge in [0.05, 0.1) is 7.11 Å². The molecule has 0 radical (unpaired) electrons. The van der Waals surface area contributed by atoms with Crippen LogP contribution >= 0.6 is 0 Å². The second-order valence-electron chi connectivity index (χ2n) is 6.00. The fourth-order valence-corrected chi connectivity index (χ4v) is 3.03. The molecule has 134 valence electrons. The SMILES string of the molecule is COc1ccc(CN2[C@H](c3cccc(F)c3)CC(F)(F)C2(F)F)cc1. The first kappa shape index (κ1) is 17.7. The highest BCUT2D eigenvalue weighted by Crippen LogP contribution is 2.54. The van der Waals surface area contributed by atoms with E-state index < -0.39 is 36.8 Å². The van der Waals surface area contributed by atoms with Crippen molar-refractivity contribution in [3.63, 3.8) is 0 Å². The van der Waals surface area contributed by atoms with Crippen LogP contribution in [0.25, 0.3) is 0 Å². The van der Waals surface area contributed by atoms with Gasteiger partial charge in [-0.25, -0.2) is 9.29 Å². The van der Waals surface area contributed by atoms with E-state index in [1.165, 1.54) is 31.4 Å². The Balaban J connectivity index is 1.95. The average Bonchev–Trinajstić information content (AvgIpc) is 2.75. The fraction of sp³-hybridized carbons (Fsp3) is 0.333. The van der Waals surface area contributed by atoms with E-state index in [9.17, 15) is 22.0 Å². The molecule has 2 aromatic carbocycles. The number of likely N-dealkylation sites (tertiary alicyclic amines) is 1. The number of ether oxygens (including phenoxy) is 1. The lowest BCUT2D eigenvalue weighted by atomic mass is 10.0. The van der Waals surface area contributed by atoms with Gasteiger partial charge in [-0.2, -0.15) is 17.6 Å². The molecule has 1 heterocycles. The van der Waals surface area contributed by atoms with Gasteiger partial charge in [0.2, 0.25) is 0 Å². The van der Waals surface area contributed by atoms with Crippen molar-refractivity contribution in [2.45, 2.75) is 31.0 Å². The highest BCUT2D eigenvalue weighted by atomic mass is 19.3. The van der Waals surface area contributed by atoms with E-state index in [1.807, 2.05) is 0 Å². The van der Waals surface area contributed by atoms with Gasteiger partial charge in [-0.3, -0.25) is 0 Å². The quantitative estimate of drug-likeness (QED) is 0.563. The predicted octanol–water partition coefficient (Wildman–Crippen LogP) is 5.01. The highest BCUT2D eigenvalue weighted by molar-refractivity contribution is 5.29. The summed E-state index contributed by atoms with van der Waals surface area (Å²) in [6.07, 6.45) is -1.07. The summed E-state index contributed by atoms with van der Waals surface area (Å²) in [5, 5.41) is 0. The molecule has 1 atom stereocenters. The zero-order valence-corrected chi connectivity index (χ0v) is 13.4. The molecule has 1 aliphatic rings. The molecular weight excluding hydrogens is 341 g/mol. The van der Waals surface area contributed by atoms with Crippen LogP contribution in [0.2, 0.25) is 0 Å². The second kappa shape index (κ2) is 6.29. The van der Waals surface area contributed by atoms with Crippen LogP contribution in [0.5, 0.6) is 5.75 Å². The Bertz CT molecular complexity index is 747. The van der Waals surface area contributed by atoms with Gasteiger partial charge in [0.1, 0.15) is 11.6 Å². The normalized spacial score (nSPS) is 22.1. The molecule has 0 spiro atoms. The molecule has 0 unspecified atom stereocenters. The maximum Gasteiger partial charge on any atom is 0.368 e.